The first-order chi connectivity index (χ1) is 24.4. The van der Waals surface area contributed by atoms with E-state index in [4.69, 9.17) is 4.74 Å². The number of carbonyl (C=O) groups excluding carboxylic acids is 4. The molecular weight excluding hydrogens is 681 g/mol. The summed E-state index contributed by atoms with van der Waals surface area (Å²) in [6.45, 7) is 13.4. The molecule has 0 radical (unpaired) electrons. The lowest BCUT2D eigenvalue weighted by Gasteiger charge is -2.35. The molecule has 1 aliphatic heterocycles. The summed E-state index contributed by atoms with van der Waals surface area (Å²) in [7, 11) is 3.69. The van der Waals surface area contributed by atoms with Gasteiger partial charge in [-0.2, -0.15) is 0 Å². The van der Waals surface area contributed by atoms with Crippen molar-refractivity contribution in [1.82, 2.24) is 20.1 Å². The van der Waals surface area contributed by atoms with Gasteiger partial charge in [0, 0.05) is 50.2 Å². The van der Waals surface area contributed by atoms with Crippen LogP contribution in [0.4, 0.5) is 0 Å². The smallest absolute Gasteiger partial charge is 0.309 e. The van der Waals surface area contributed by atoms with Gasteiger partial charge in [-0.3, -0.25) is 28.9 Å². The first-order valence-electron chi connectivity index (χ1n) is 18.7. The van der Waals surface area contributed by atoms with Crippen LogP contribution in [0.25, 0.3) is 0 Å². The number of aromatic nitrogens is 1. The number of ether oxygens (including phenoxy) is 1. The van der Waals surface area contributed by atoms with E-state index in [2.05, 4.69) is 34.3 Å². The molecule has 52 heavy (non-hydrogen) atoms. The van der Waals surface area contributed by atoms with Gasteiger partial charge in [-0.05, 0) is 76.6 Å². The zero-order chi connectivity index (χ0) is 38.7. The number of hydrogen-bond acceptors (Lipinski definition) is 9. The molecule has 1 aromatic carbocycles. The molecular formula is C40H60N4O7S. The summed E-state index contributed by atoms with van der Waals surface area (Å²) >= 11 is 1.19. The minimum atomic E-state index is -1.08. The fraction of sp³-hybridized carbons (Fsp3) is 0.650. The molecule has 11 nitrogen and oxygen atoms in total. The summed E-state index contributed by atoms with van der Waals surface area (Å²) in [6, 6.07) is 7.17. The fourth-order valence-corrected chi connectivity index (χ4v) is 7.95. The molecule has 2 amide bonds. The number of nitrogens with zero attached hydrogens (tertiary/aromatic N) is 3. The second kappa shape index (κ2) is 19.4. The van der Waals surface area contributed by atoms with Crippen LogP contribution in [-0.4, -0.2) is 88.2 Å². The molecule has 3 rings (SSSR count). The van der Waals surface area contributed by atoms with Crippen molar-refractivity contribution < 1.29 is 33.8 Å². The van der Waals surface area contributed by atoms with E-state index in [-0.39, 0.29) is 54.6 Å². The molecule has 0 saturated carbocycles. The van der Waals surface area contributed by atoms with Crippen LogP contribution in [0, 0.1) is 17.3 Å². The molecule has 0 spiro atoms. The Bertz CT molecular complexity index is 1520. The van der Waals surface area contributed by atoms with Crippen molar-refractivity contribution in [2.75, 3.05) is 20.6 Å². The maximum absolute atomic E-state index is 13.7. The number of aliphatic carboxylic acids is 1. The third-order valence-corrected chi connectivity index (χ3v) is 11.1. The summed E-state index contributed by atoms with van der Waals surface area (Å²) in [5.41, 5.74) is 1.26. The lowest BCUT2D eigenvalue weighted by atomic mass is 9.83. The number of carboxylic acids is 1. The van der Waals surface area contributed by atoms with E-state index in [1.807, 2.05) is 33.0 Å². The number of esters is 1. The van der Waals surface area contributed by atoms with Crippen LogP contribution in [0.1, 0.15) is 126 Å². The number of aryl methyl sites for hydroxylation is 1. The predicted molar refractivity (Wildman–Crippen MR) is 203 cm³/mol. The lowest BCUT2D eigenvalue weighted by Crippen LogP contribution is -2.46. The number of likely N-dealkylation sites (tertiary alicyclic amines) is 1. The average Bonchev–Trinajstić information content (AvgIpc) is 3.57. The van der Waals surface area contributed by atoms with Gasteiger partial charge in [0.05, 0.1) is 11.5 Å². The second-order valence-electron chi connectivity index (χ2n) is 15.6. The van der Waals surface area contributed by atoms with Gasteiger partial charge in [0.2, 0.25) is 5.91 Å². The van der Waals surface area contributed by atoms with Crippen molar-refractivity contribution in [3.63, 3.8) is 0 Å². The van der Waals surface area contributed by atoms with Gasteiger partial charge in [-0.1, -0.05) is 64.8 Å². The van der Waals surface area contributed by atoms with Gasteiger partial charge in [-0.15, -0.1) is 11.3 Å². The van der Waals surface area contributed by atoms with Gasteiger partial charge < -0.3 is 20.1 Å². The molecule has 2 heterocycles. The highest BCUT2D eigenvalue weighted by molar-refractivity contribution is 7.09. The van der Waals surface area contributed by atoms with Gasteiger partial charge >= 0.3 is 11.9 Å². The largest absolute Gasteiger partial charge is 0.481 e. The topological polar surface area (TPSA) is 146 Å². The van der Waals surface area contributed by atoms with Crippen LogP contribution in [0.5, 0.6) is 0 Å². The van der Waals surface area contributed by atoms with Crippen LogP contribution in [-0.2, 0) is 36.8 Å². The number of rotatable bonds is 19. The first kappa shape index (κ1) is 42.8. The summed E-state index contributed by atoms with van der Waals surface area (Å²) in [6.07, 6.45) is 5.14. The number of likely N-dealkylation sites (N-methyl/N-ethyl adjacent to an activating group) is 1. The van der Waals surface area contributed by atoms with Gasteiger partial charge in [0.15, 0.2) is 11.9 Å². The van der Waals surface area contributed by atoms with Crippen molar-refractivity contribution in [3.05, 3.63) is 51.5 Å². The average molecular weight is 741 g/mol. The number of Topliss-reactive ketones (excluding diaryl/α,β-unsaturated/α-hetero) is 1. The molecule has 1 fully saturated rings. The molecule has 2 N–H and O–H groups in total. The van der Waals surface area contributed by atoms with E-state index in [0.717, 1.165) is 44.2 Å². The SMILES string of the molecule is CCCc1ccc(C[C@@H](CC(C)(C)C(=O)O)NC(=O)c2csc([C@@H](C[C@H](C(C)C)N(C)C(=O)[C@H](C)CC(=O)[C@H]3CCCCN3C)OC(C)=O)n2)cc1. The zero-order valence-electron chi connectivity index (χ0n) is 32.6. The lowest BCUT2D eigenvalue weighted by molar-refractivity contribution is -0.149. The molecule has 0 aliphatic carbocycles. The van der Waals surface area contributed by atoms with E-state index in [0.29, 0.717) is 11.4 Å². The Morgan fingerprint density at radius 1 is 1.10 bits per heavy atom. The zero-order valence-corrected chi connectivity index (χ0v) is 33.4. The van der Waals surface area contributed by atoms with Crippen LogP contribution >= 0.6 is 11.3 Å². The molecule has 2 aromatic rings. The van der Waals surface area contributed by atoms with Crippen LogP contribution in [0.3, 0.4) is 0 Å². The molecule has 5 atom stereocenters. The minimum absolute atomic E-state index is 0.0171. The number of hydrogen-bond donors (Lipinski definition) is 2. The molecule has 0 bridgehead atoms. The molecule has 288 valence electrons. The number of nitrogens with one attached hydrogen (secondary N) is 1. The number of ketones is 1. The fourth-order valence-electron chi connectivity index (χ4n) is 7.11. The van der Waals surface area contributed by atoms with Gasteiger partial charge in [0.1, 0.15) is 10.7 Å². The molecule has 12 heteroatoms. The van der Waals surface area contributed by atoms with E-state index in [1.54, 1.807) is 38.1 Å². The Labute approximate surface area is 313 Å². The molecule has 1 aliphatic rings. The maximum Gasteiger partial charge on any atom is 0.309 e. The Morgan fingerprint density at radius 2 is 1.75 bits per heavy atom. The number of thiazole rings is 1. The van der Waals surface area contributed by atoms with Crippen LogP contribution < -0.4 is 5.32 Å². The molecule has 1 aromatic heterocycles. The number of benzene rings is 1. The molecule has 1 saturated heterocycles. The first-order valence-corrected chi connectivity index (χ1v) is 19.6. The normalized spacial score (nSPS) is 17.5. The number of amides is 2. The molecule has 0 unspecified atom stereocenters. The van der Waals surface area contributed by atoms with Crippen molar-refractivity contribution in [2.24, 2.45) is 17.3 Å². The highest BCUT2D eigenvalue weighted by Gasteiger charge is 2.35. The summed E-state index contributed by atoms with van der Waals surface area (Å²) in [4.78, 5) is 73.1. The summed E-state index contributed by atoms with van der Waals surface area (Å²) < 4.78 is 5.75. The highest BCUT2D eigenvalue weighted by Crippen LogP contribution is 2.32. The van der Waals surface area contributed by atoms with E-state index in [1.165, 1.54) is 23.8 Å². The second-order valence-corrected chi connectivity index (χ2v) is 16.5. The third kappa shape index (κ3) is 12.2. The van der Waals surface area contributed by atoms with E-state index >= 15 is 0 Å². The van der Waals surface area contributed by atoms with E-state index < -0.39 is 41.3 Å². The Hall–Kier alpha value is -3.64. The van der Waals surface area contributed by atoms with Gasteiger partial charge in [0.25, 0.3) is 5.91 Å². The number of carboxylic acid groups (broad SMARTS) is 1. The van der Waals surface area contributed by atoms with Crippen LogP contribution in [0.15, 0.2) is 29.6 Å². The van der Waals surface area contributed by atoms with Crippen molar-refractivity contribution in [3.8, 4) is 0 Å². The maximum atomic E-state index is 13.7. The van der Waals surface area contributed by atoms with Crippen LogP contribution in [0.2, 0.25) is 0 Å². The Kier molecular flexibility index (Phi) is 16.0. The Balaban J connectivity index is 1.77. The van der Waals surface area contributed by atoms with Crippen molar-refractivity contribution in [2.45, 2.75) is 130 Å². The monoisotopic (exact) mass is 740 g/mol. The predicted octanol–water partition coefficient (Wildman–Crippen LogP) is 6.49. The highest BCUT2D eigenvalue weighted by atomic mass is 32.1. The standard InChI is InChI=1S/C40H60N4O7S/c1-10-13-28-15-17-29(18-16-28)21-30(23-40(6,7)39(49)50)41-36(47)31-24-52-37(42-31)35(51-27(5)45)22-33(25(2)3)44(9)38(48)26(4)20-34(46)32-14-11-12-19-43(32)8/h15-18,24-26,30,32-33,35H,10-14,19-23H2,1-9H3,(H,41,47)(H,49,50)/t26-,30+,32-,33-,35-/m1/s1. The Morgan fingerprint density at radius 3 is 2.33 bits per heavy atom. The van der Waals surface area contributed by atoms with Crippen molar-refractivity contribution in [1.29, 1.82) is 0 Å². The number of piperidine rings is 1. The third-order valence-electron chi connectivity index (χ3n) is 10.2. The minimum Gasteiger partial charge on any atom is -0.481 e. The summed E-state index contributed by atoms with van der Waals surface area (Å²) in [5.74, 6) is -2.51. The van der Waals surface area contributed by atoms with E-state index in [9.17, 15) is 29.1 Å². The number of carbonyl (C=O) groups is 5. The quantitative estimate of drug-likeness (QED) is 0.154. The van der Waals surface area contributed by atoms with Gasteiger partial charge in [-0.25, -0.2) is 4.98 Å². The summed E-state index contributed by atoms with van der Waals surface area (Å²) in [5, 5.41) is 14.9. The van der Waals surface area contributed by atoms with Crippen molar-refractivity contribution >= 4 is 40.9 Å².